The zero-order valence-electron chi connectivity index (χ0n) is 12.5. The number of thioether (sulfide) groups is 1. The highest BCUT2D eigenvalue weighted by molar-refractivity contribution is 7.99. The molecule has 1 unspecified atom stereocenters. The Kier molecular flexibility index (Phi) is 5.77. The summed E-state index contributed by atoms with van der Waals surface area (Å²) in [4.78, 5) is 0. The molecule has 0 spiro atoms. The first-order valence-corrected chi connectivity index (χ1v) is 8.68. The van der Waals surface area contributed by atoms with Crippen LogP contribution in [-0.2, 0) is 0 Å². The molecule has 2 heteroatoms. The lowest BCUT2D eigenvalue weighted by Gasteiger charge is -2.18. The van der Waals surface area contributed by atoms with Crippen LogP contribution in [0.5, 0.6) is 0 Å². The second-order valence-electron chi connectivity index (χ2n) is 5.87. The van der Waals surface area contributed by atoms with E-state index in [0.717, 1.165) is 5.92 Å². The molecule has 106 valence electrons. The average Bonchev–Trinajstić information content (AvgIpc) is 2.91. The van der Waals surface area contributed by atoms with Crippen molar-refractivity contribution in [3.63, 3.8) is 0 Å². The highest BCUT2D eigenvalue weighted by Gasteiger charge is 2.16. The quantitative estimate of drug-likeness (QED) is 0.822. The minimum atomic E-state index is 0.491. The van der Waals surface area contributed by atoms with Gasteiger partial charge in [-0.05, 0) is 62.1 Å². The van der Waals surface area contributed by atoms with E-state index in [9.17, 15) is 0 Å². The van der Waals surface area contributed by atoms with Gasteiger partial charge in [-0.1, -0.05) is 31.0 Å². The Bertz CT molecular complexity index is 396. The summed E-state index contributed by atoms with van der Waals surface area (Å²) in [5, 5.41) is 3.47. The van der Waals surface area contributed by atoms with Gasteiger partial charge in [0.25, 0.3) is 0 Å². The van der Waals surface area contributed by atoms with Crippen LogP contribution in [-0.4, -0.2) is 18.6 Å². The van der Waals surface area contributed by atoms with E-state index in [-0.39, 0.29) is 0 Å². The highest BCUT2D eigenvalue weighted by atomic mass is 32.2. The molecule has 0 amide bonds. The van der Waals surface area contributed by atoms with Gasteiger partial charge >= 0.3 is 0 Å². The summed E-state index contributed by atoms with van der Waals surface area (Å²) in [7, 11) is 2.08. The molecule has 0 heterocycles. The second-order valence-corrected chi connectivity index (χ2v) is 6.95. The number of hydrogen-bond acceptors (Lipinski definition) is 2. The Morgan fingerprint density at radius 3 is 2.58 bits per heavy atom. The predicted molar refractivity (Wildman–Crippen MR) is 87.0 cm³/mol. The van der Waals surface area contributed by atoms with Crippen LogP contribution in [0, 0.1) is 19.8 Å². The lowest BCUT2D eigenvalue weighted by molar-refractivity contribution is 0.618. The fourth-order valence-electron chi connectivity index (χ4n) is 2.86. The molecule has 0 aliphatic heterocycles. The standard InChI is InChI=1S/C17H27NS/c1-13-8-9-16(10-14(13)2)17(18-3)12-19-11-15-6-4-5-7-15/h8-10,15,17-18H,4-7,11-12H2,1-3H3. The van der Waals surface area contributed by atoms with E-state index in [1.54, 1.807) is 0 Å². The summed E-state index contributed by atoms with van der Waals surface area (Å²) in [5.74, 6) is 3.53. The summed E-state index contributed by atoms with van der Waals surface area (Å²) in [6.07, 6.45) is 5.83. The maximum atomic E-state index is 3.47. The smallest absolute Gasteiger partial charge is 0.0409 e. The third kappa shape index (κ3) is 4.25. The molecular weight excluding hydrogens is 250 g/mol. The SMILES string of the molecule is CNC(CSCC1CCCC1)c1ccc(C)c(C)c1. The normalized spacial score (nSPS) is 17.8. The van der Waals surface area contributed by atoms with Crippen molar-refractivity contribution in [2.24, 2.45) is 5.92 Å². The fraction of sp³-hybridized carbons (Fsp3) is 0.647. The number of aryl methyl sites for hydroxylation is 2. The van der Waals surface area contributed by atoms with E-state index >= 15 is 0 Å². The van der Waals surface area contributed by atoms with Crippen molar-refractivity contribution in [1.29, 1.82) is 0 Å². The second kappa shape index (κ2) is 7.35. The molecule has 1 fully saturated rings. The van der Waals surface area contributed by atoms with Crippen molar-refractivity contribution in [1.82, 2.24) is 5.32 Å². The van der Waals surface area contributed by atoms with Crippen molar-refractivity contribution in [3.05, 3.63) is 34.9 Å². The Morgan fingerprint density at radius 1 is 1.21 bits per heavy atom. The molecule has 0 aromatic heterocycles. The van der Waals surface area contributed by atoms with E-state index in [1.165, 1.54) is 53.9 Å². The van der Waals surface area contributed by atoms with E-state index in [4.69, 9.17) is 0 Å². The molecule has 0 radical (unpaired) electrons. The Balaban J connectivity index is 1.86. The molecule has 0 saturated heterocycles. The minimum Gasteiger partial charge on any atom is -0.312 e. The number of rotatable bonds is 6. The first kappa shape index (κ1) is 14.9. The average molecular weight is 277 g/mol. The van der Waals surface area contributed by atoms with E-state index in [0.29, 0.717) is 6.04 Å². The Morgan fingerprint density at radius 2 is 1.95 bits per heavy atom. The van der Waals surface area contributed by atoms with Crippen LogP contribution in [0.1, 0.15) is 48.4 Å². The van der Waals surface area contributed by atoms with Gasteiger partial charge in [0.05, 0.1) is 0 Å². The largest absolute Gasteiger partial charge is 0.312 e. The van der Waals surface area contributed by atoms with Gasteiger partial charge in [0.15, 0.2) is 0 Å². The molecule has 1 aliphatic carbocycles. The zero-order valence-corrected chi connectivity index (χ0v) is 13.4. The fourth-order valence-corrected chi connectivity index (χ4v) is 4.25. The summed E-state index contributed by atoms with van der Waals surface area (Å²) < 4.78 is 0. The van der Waals surface area contributed by atoms with Crippen LogP contribution in [0.2, 0.25) is 0 Å². The van der Waals surface area contributed by atoms with E-state index < -0.39 is 0 Å². The van der Waals surface area contributed by atoms with Gasteiger partial charge in [-0.25, -0.2) is 0 Å². The first-order valence-electron chi connectivity index (χ1n) is 7.53. The van der Waals surface area contributed by atoms with Crippen LogP contribution >= 0.6 is 11.8 Å². The van der Waals surface area contributed by atoms with Crippen molar-refractivity contribution >= 4 is 11.8 Å². The van der Waals surface area contributed by atoms with Gasteiger partial charge in [0.2, 0.25) is 0 Å². The van der Waals surface area contributed by atoms with Crippen molar-refractivity contribution in [3.8, 4) is 0 Å². The summed E-state index contributed by atoms with van der Waals surface area (Å²) in [5.41, 5.74) is 4.22. The Hall–Kier alpha value is -0.470. The first-order chi connectivity index (χ1) is 9.20. The number of nitrogens with one attached hydrogen (secondary N) is 1. The molecule has 1 saturated carbocycles. The van der Waals surface area contributed by atoms with Crippen molar-refractivity contribution in [2.45, 2.75) is 45.6 Å². The molecule has 19 heavy (non-hydrogen) atoms. The van der Waals surface area contributed by atoms with Crippen molar-refractivity contribution in [2.75, 3.05) is 18.6 Å². The molecule has 2 rings (SSSR count). The molecule has 1 aliphatic rings. The molecule has 1 aromatic rings. The van der Waals surface area contributed by atoms with Crippen LogP contribution < -0.4 is 5.32 Å². The van der Waals surface area contributed by atoms with E-state index in [1.807, 2.05) is 0 Å². The van der Waals surface area contributed by atoms with Crippen LogP contribution in [0.15, 0.2) is 18.2 Å². The molecule has 1 aromatic carbocycles. The maximum absolute atomic E-state index is 3.47. The van der Waals surface area contributed by atoms with Gasteiger partial charge in [-0.2, -0.15) is 11.8 Å². The lowest BCUT2D eigenvalue weighted by atomic mass is 10.0. The number of benzene rings is 1. The topological polar surface area (TPSA) is 12.0 Å². The molecule has 1 atom stereocenters. The third-order valence-corrected chi connectivity index (χ3v) is 5.67. The number of hydrogen-bond donors (Lipinski definition) is 1. The van der Waals surface area contributed by atoms with Gasteiger partial charge in [0.1, 0.15) is 0 Å². The lowest BCUT2D eigenvalue weighted by Crippen LogP contribution is -2.19. The van der Waals surface area contributed by atoms with Gasteiger partial charge in [-0.15, -0.1) is 0 Å². The van der Waals surface area contributed by atoms with Gasteiger partial charge < -0.3 is 5.32 Å². The summed E-state index contributed by atoms with van der Waals surface area (Å²) >= 11 is 2.13. The Labute approximate surface area is 122 Å². The zero-order chi connectivity index (χ0) is 13.7. The maximum Gasteiger partial charge on any atom is 0.0409 e. The molecular formula is C17H27NS. The van der Waals surface area contributed by atoms with Crippen LogP contribution in [0.3, 0.4) is 0 Å². The van der Waals surface area contributed by atoms with Crippen molar-refractivity contribution < 1.29 is 0 Å². The van der Waals surface area contributed by atoms with Gasteiger partial charge in [0, 0.05) is 11.8 Å². The summed E-state index contributed by atoms with van der Waals surface area (Å²) in [6, 6.07) is 7.36. The van der Waals surface area contributed by atoms with E-state index in [2.05, 4.69) is 56.2 Å². The molecule has 1 N–H and O–H groups in total. The highest BCUT2D eigenvalue weighted by Crippen LogP contribution is 2.29. The molecule has 1 nitrogen and oxygen atoms in total. The summed E-state index contributed by atoms with van der Waals surface area (Å²) in [6.45, 7) is 4.39. The van der Waals surface area contributed by atoms with Crippen LogP contribution in [0.4, 0.5) is 0 Å². The van der Waals surface area contributed by atoms with Gasteiger partial charge in [-0.3, -0.25) is 0 Å². The predicted octanol–water partition coefficient (Wildman–Crippen LogP) is 4.49. The van der Waals surface area contributed by atoms with Crippen LogP contribution in [0.25, 0.3) is 0 Å². The third-order valence-electron chi connectivity index (χ3n) is 4.39. The monoisotopic (exact) mass is 277 g/mol. The minimum absolute atomic E-state index is 0.491. The molecule has 0 bridgehead atoms.